The zero-order valence-corrected chi connectivity index (χ0v) is 46.5. The first-order valence-electron chi connectivity index (χ1n) is 30.3. The van der Waals surface area contributed by atoms with Crippen LogP contribution < -0.4 is 0 Å². The third-order valence-corrected chi connectivity index (χ3v) is 13.2. The van der Waals surface area contributed by atoms with Crippen LogP contribution in [0.1, 0.15) is 310 Å². The number of hydrogen-bond donors (Lipinski definition) is 0. The van der Waals surface area contributed by atoms with Gasteiger partial charge in [-0.3, -0.25) is 14.4 Å². The Balaban J connectivity index is 4.21. The summed E-state index contributed by atoms with van der Waals surface area (Å²) in [7, 11) is 0. The summed E-state index contributed by atoms with van der Waals surface area (Å²) < 4.78 is 16.9. The van der Waals surface area contributed by atoms with Crippen LogP contribution in [0.25, 0.3) is 0 Å². The second-order valence-electron chi connectivity index (χ2n) is 20.3. The molecule has 406 valence electrons. The standard InChI is InChI=1S/C64H114O6/c1-4-7-10-13-16-19-22-25-26-27-28-29-30-31-32-33-34-35-36-37-38-40-42-45-48-51-54-57-63(66)69-60-61(59-68-62(65)56-53-50-47-44-41-24-21-18-15-12-9-6-3)70-64(67)58-55-52-49-46-43-39-23-20-17-14-11-8-5-2/h11,14,20,22-23,25,27-28,30-31,61H,4-10,12-13,15-19,21,24,26,29,32-60H2,1-3H3/b14-11-,23-20-,25-22-,28-27-,31-30-. The summed E-state index contributed by atoms with van der Waals surface area (Å²) >= 11 is 0. The molecule has 6 heteroatoms. The van der Waals surface area contributed by atoms with Crippen molar-refractivity contribution in [1.29, 1.82) is 0 Å². The molecule has 1 unspecified atom stereocenters. The quantitative estimate of drug-likeness (QED) is 0.0261. The van der Waals surface area contributed by atoms with Crippen LogP contribution in [0.3, 0.4) is 0 Å². The molecule has 6 nitrogen and oxygen atoms in total. The van der Waals surface area contributed by atoms with Gasteiger partial charge < -0.3 is 14.2 Å². The average molecular weight is 980 g/mol. The van der Waals surface area contributed by atoms with Gasteiger partial charge in [-0.1, -0.05) is 268 Å². The maximum atomic E-state index is 12.8. The fourth-order valence-corrected chi connectivity index (χ4v) is 8.67. The van der Waals surface area contributed by atoms with Crippen molar-refractivity contribution in [2.75, 3.05) is 13.2 Å². The van der Waals surface area contributed by atoms with Crippen molar-refractivity contribution < 1.29 is 28.6 Å². The van der Waals surface area contributed by atoms with Gasteiger partial charge in [0.25, 0.3) is 0 Å². The summed E-state index contributed by atoms with van der Waals surface area (Å²) in [5.41, 5.74) is 0. The maximum absolute atomic E-state index is 12.8. The van der Waals surface area contributed by atoms with Crippen molar-refractivity contribution in [1.82, 2.24) is 0 Å². The highest BCUT2D eigenvalue weighted by Crippen LogP contribution is 2.16. The van der Waals surface area contributed by atoms with Crippen molar-refractivity contribution in [3.8, 4) is 0 Å². The molecule has 0 aliphatic rings. The molecule has 0 rings (SSSR count). The zero-order chi connectivity index (χ0) is 50.7. The van der Waals surface area contributed by atoms with Crippen molar-refractivity contribution in [3.63, 3.8) is 0 Å². The van der Waals surface area contributed by atoms with Gasteiger partial charge >= 0.3 is 17.9 Å². The summed E-state index contributed by atoms with van der Waals surface area (Å²) in [6, 6.07) is 0. The Hall–Kier alpha value is -2.89. The molecular formula is C64H114O6. The number of allylic oxidation sites excluding steroid dienone is 10. The molecule has 0 aliphatic carbocycles. The van der Waals surface area contributed by atoms with E-state index >= 15 is 0 Å². The lowest BCUT2D eigenvalue weighted by Gasteiger charge is -2.18. The molecule has 0 radical (unpaired) electrons. The highest BCUT2D eigenvalue weighted by atomic mass is 16.6. The van der Waals surface area contributed by atoms with E-state index in [1.54, 1.807) is 0 Å². The van der Waals surface area contributed by atoms with Crippen molar-refractivity contribution in [2.24, 2.45) is 0 Å². The first-order chi connectivity index (χ1) is 34.5. The molecule has 0 fully saturated rings. The van der Waals surface area contributed by atoms with Crippen molar-refractivity contribution >= 4 is 17.9 Å². The molecular weight excluding hydrogens is 865 g/mol. The Morgan fingerprint density at radius 1 is 0.286 bits per heavy atom. The Bertz CT molecular complexity index is 1260. The minimum atomic E-state index is -0.780. The minimum Gasteiger partial charge on any atom is -0.462 e. The normalized spacial score (nSPS) is 12.4. The van der Waals surface area contributed by atoms with Gasteiger partial charge in [-0.15, -0.1) is 0 Å². The molecule has 0 N–H and O–H groups in total. The van der Waals surface area contributed by atoms with E-state index in [4.69, 9.17) is 14.2 Å². The molecule has 0 aromatic carbocycles. The molecule has 0 saturated carbocycles. The fourth-order valence-electron chi connectivity index (χ4n) is 8.67. The van der Waals surface area contributed by atoms with E-state index in [1.807, 2.05) is 0 Å². The summed E-state index contributed by atoms with van der Waals surface area (Å²) in [5.74, 6) is -0.882. The molecule has 1 atom stereocenters. The second kappa shape index (κ2) is 58.7. The predicted molar refractivity (Wildman–Crippen MR) is 302 cm³/mol. The average Bonchev–Trinajstić information content (AvgIpc) is 3.36. The molecule has 0 amide bonds. The van der Waals surface area contributed by atoms with E-state index in [2.05, 4.69) is 81.5 Å². The van der Waals surface area contributed by atoms with Gasteiger partial charge in [0.05, 0.1) is 0 Å². The summed E-state index contributed by atoms with van der Waals surface area (Å²) in [5, 5.41) is 0. The van der Waals surface area contributed by atoms with Crippen molar-refractivity contribution in [2.45, 2.75) is 316 Å². The van der Waals surface area contributed by atoms with Crippen LogP contribution in [0, 0.1) is 0 Å². The SMILES string of the molecule is CCC/C=C\C/C=C\CCCCCCCC(=O)OC(COC(=O)CCCCCCCCCCCCCC)COC(=O)CCCCCCCCCCCCCC/C=C\C/C=C\C/C=C\CCCCCCC. The molecule has 70 heavy (non-hydrogen) atoms. The van der Waals surface area contributed by atoms with Crippen LogP contribution in [-0.2, 0) is 28.6 Å². The summed E-state index contributed by atoms with van der Waals surface area (Å²) in [6.07, 6.45) is 73.7. The Labute approximate surface area is 434 Å². The van der Waals surface area contributed by atoms with Gasteiger partial charge in [0.15, 0.2) is 6.10 Å². The van der Waals surface area contributed by atoms with Crippen LogP contribution in [-0.4, -0.2) is 37.2 Å². The zero-order valence-electron chi connectivity index (χ0n) is 46.5. The number of ether oxygens (including phenoxy) is 3. The minimum absolute atomic E-state index is 0.0775. The number of unbranched alkanes of at least 4 members (excludes halogenated alkanes) is 34. The molecule has 0 aliphatic heterocycles. The number of hydrogen-bond acceptors (Lipinski definition) is 6. The smallest absolute Gasteiger partial charge is 0.306 e. The Kier molecular flexibility index (Phi) is 56.3. The number of carbonyl (C=O) groups is 3. The lowest BCUT2D eigenvalue weighted by atomic mass is 10.0. The van der Waals surface area contributed by atoms with Gasteiger partial charge in [0.2, 0.25) is 0 Å². The van der Waals surface area contributed by atoms with Crippen LogP contribution in [0.2, 0.25) is 0 Å². The summed E-state index contributed by atoms with van der Waals surface area (Å²) in [6.45, 7) is 6.57. The van der Waals surface area contributed by atoms with Gasteiger partial charge in [-0.25, -0.2) is 0 Å². The highest BCUT2D eigenvalue weighted by molar-refractivity contribution is 5.71. The highest BCUT2D eigenvalue weighted by Gasteiger charge is 2.19. The number of rotatable bonds is 55. The third-order valence-electron chi connectivity index (χ3n) is 13.2. The van der Waals surface area contributed by atoms with E-state index in [-0.39, 0.29) is 31.1 Å². The van der Waals surface area contributed by atoms with Crippen LogP contribution in [0.15, 0.2) is 60.8 Å². The summed E-state index contributed by atoms with van der Waals surface area (Å²) in [4.78, 5) is 38.1. The van der Waals surface area contributed by atoms with Gasteiger partial charge in [-0.2, -0.15) is 0 Å². The Morgan fingerprint density at radius 3 is 0.857 bits per heavy atom. The first-order valence-corrected chi connectivity index (χ1v) is 30.3. The van der Waals surface area contributed by atoms with Gasteiger partial charge in [-0.05, 0) is 83.5 Å². The monoisotopic (exact) mass is 979 g/mol. The van der Waals surface area contributed by atoms with Crippen LogP contribution in [0.4, 0.5) is 0 Å². The largest absolute Gasteiger partial charge is 0.462 e. The van der Waals surface area contributed by atoms with E-state index in [0.29, 0.717) is 19.3 Å². The molecule has 0 spiro atoms. The number of carbonyl (C=O) groups excluding carboxylic acids is 3. The molecule has 0 aromatic heterocycles. The lowest BCUT2D eigenvalue weighted by molar-refractivity contribution is -0.167. The molecule has 0 saturated heterocycles. The van der Waals surface area contributed by atoms with Crippen LogP contribution >= 0.6 is 0 Å². The predicted octanol–water partition coefficient (Wildman–Crippen LogP) is 20.4. The van der Waals surface area contributed by atoms with Gasteiger partial charge in [0.1, 0.15) is 13.2 Å². The van der Waals surface area contributed by atoms with Gasteiger partial charge in [0, 0.05) is 19.3 Å². The molecule has 0 heterocycles. The maximum Gasteiger partial charge on any atom is 0.306 e. The first kappa shape index (κ1) is 67.1. The van der Waals surface area contributed by atoms with E-state index in [1.165, 1.54) is 167 Å². The third kappa shape index (κ3) is 56.0. The Morgan fingerprint density at radius 2 is 0.543 bits per heavy atom. The number of esters is 3. The lowest BCUT2D eigenvalue weighted by Crippen LogP contribution is -2.30. The second-order valence-corrected chi connectivity index (χ2v) is 20.3. The van der Waals surface area contributed by atoms with E-state index < -0.39 is 6.10 Å². The van der Waals surface area contributed by atoms with Crippen molar-refractivity contribution in [3.05, 3.63) is 60.8 Å². The molecule has 0 aromatic rings. The molecule has 0 bridgehead atoms. The fraction of sp³-hybridized carbons (Fsp3) is 0.797. The van der Waals surface area contributed by atoms with E-state index in [0.717, 1.165) is 103 Å². The van der Waals surface area contributed by atoms with Crippen LogP contribution in [0.5, 0.6) is 0 Å². The van der Waals surface area contributed by atoms with E-state index in [9.17, 15) is 14.4 Å². The topological polar surface area (TPSA) is 78.9 Å².